The maximum atomic E-state index is 6.49. The molecule has 3 heteroatoms. The third kappa shape index (κ3) is 6.82. The third-order valence-electron chi connectivity index (χ3n) is 14.4. The Labute approximate surface area is 411 Å². The number of fused-ring (bicyclic) bond motifs is 9. The summed E-state index contributed by atoms with van der Waals surface area (Å²) < 4.78 is 8.90. The molecule has 0 amide bonds. The van der Waals surface area contributed by atoms with Gasteiger partial charge in [0.2, 0.25) is 0 Å². The van der Waals surface area contributed by atoms with Crippen molar-refractivity contribution >= 4 is 82.4 Å². The van der Waals surface area contributed by atoms with E-state index >= 15 is 0 Å². The first kappa shape index (κ1) is 40.6. The molecule has 0 spiro atoms. The highest BCUT2D eigenvalue weighted by Crippen LogP contribution is 2.44. The predicted molar refractivity (Wildman–Crippen MR) is 299 cm³/mol. The van der Waals surface area contributed by atoms with Gasteiger partial charge in [-0.15, -0.1) is 0 Å². The van der Waals surface area contributed by atoms with Crippen molar-refractivity contribution in [3.05, 3.63) is 267 Å². The Bertz CT molecular complexity index is 4280. The van der Waals surface area contributed by atoms with Gasteiger partial charge in [0.1, 0.15) is 11.2 Å². The Hall–Kier alpha value is -9.44. The molecule has 0 aliphatic carbocycles. The van der Waals surface area contributed by atoms with E-state index in [-0.39, 0.29) is 0 Å². The highest BCUT2D eigenvalue weighted by molar-refractivity contribution is 6.12. The number of rotatable bonds is 8. The van der Waals surface area contributed by atoms with Crippen LogP contribution in [-0.4, -0.2) is 4.57 Å². The van der Waals surface area contributed by atoms with Gasteiger partial charge in [-0.05, 0) is 110 Å². The topological polar surface area (TPSA) is 21.3 Å². The van der Waals surface area contributed by atoms with Crippen LogP contribution < -0.4 is 4.90 Å². The van der Waals surface area contributed by atoms with Gasteiger partial charge < -0.3 is 13.9 Å². The Balaban J connectivity index is 0.847. The standard InChI is InChI=1S/C68H44N2O/c1-2-15-54-47(14-1)32-33-50-44-51(38-43-55(50)54)57-17-4-8-23-63(57)69(53-41-36-49(37-42-53)58-21-13-22-62-61-20-7-12-27-67(61)71-68(58)62)52-39-34-46(35-40-52)45-28-30-48(31-29-45)56-16-3-9-24-64(56)70-65-25-10-5-18-59(65)60-19-6-11-26-66(60)70/h1-44H. The monoisotopic (exact) mass is 904 g/mol. The molecule has 0 aliphatic rings. The summed E-state index contributed by atoms with van der Waals surface area (Å²) in [6.45, 7) is 0. The lowest BCUT2D eigenvalue weighted by atomic mass is 9.96. The molecule has 0 saturated carbocycles. The van der Waals surface area contributed by atoms with Crippen molar-refractivity contribution in [3.63, 3.8) is 0 Å². The zero-order valence-corrected chi connectivity index (χ0v) is 38.7. The number of anilines is 3. The molecule has 0 aliphatic heterocycles. The zero-order valence-electron chi connectivity index (χ0n) is 38.7. The van der Waals surface area contributed by atoms with E-state index in [0.29, 0.717) is 0 Å². The molecular weight excluding hydrogens is 861 g/mol. The number of para-hydroxylation sites is 6. The smallest absolute Gasteiger partial charge is 0.143 e. The summed E-state index contributed by atoms with van der Waals surface area (Å²) in [5.41, 5.74) is 17.8. The maximum absolute atomic E-state index is 6.49. The van der Waals surface area contributed by atoms with Crippen LogP contribution in [0.5, 0.6) is 0 Å². The molecule has 12 aromatic carbocycles. The molecule has 2 aromatic heterocycles. The van der Waals surface area contributed by atoms with E-state index in [4.69, 9.17) is 4.42 Å². The summed E-state index contributed by atoms with van der Waals surface area (Å²) in [6.07, 6.45) is 0. The Morgan fingerprint density at radius 1 is 0.296 bits per heavy atom. The van der Waals surface area contributed by atoms with Crippen molar-refractivity contribution in [2.24, 2.45) is 0 Å². The molecular formula is C68H44N2O. The molecule has 0 radical (unpaired) electrons. The van der Waals surface area contributed by atoms with E-state index in [2.05, 4.69) is 264 Å². The molecule has 0 fully saturated rings. The van der Waals surface area contributed by atoms with Gasteiger partial charge in [-0.3, -0.25) is 0 Å². The average molecular weight is 905 g/mol. The number of furan rings is 1. The van der Waals surface area contributed by atoms with Gasteiger partial charge in [0.15, 0.2) is 0 Å². The van der Waals surface area contributed by atoms with Crippen LogP contribution in [0.25, 0.3) is 115 Å². The summed E-state index contributed by atoms with van der Waals surface area (Å²) in [4.78, 5) is 2.39. The van der Waals surface area contributed by atoms with Gasteiger partial charge in [0.05, 0.1) is 22.4 Å². The van der Waals surface area contributed by atoms with E-state index in [1.807, 2.05) is 12.1 Å². The van der Waals surface area contributed by atoms with Crippen LogP contribution in [0.15, 0.2) is 271 Å². The fraction of sp³-hybridized carbons (Fsp3) is 0. The van der Waals surface area contributed by atoms with Crippen LogP contribution in [0.2, 0.25) is 0 Å². The van der Waals surface area contributed by atoms with Crippen LogP contribution in [0.1, 0.15) is 0 Å². The molecule has 0 unspecified atom stereocenters. The van der Waals surface area contributed by atoms with Gasteiger partial charge in [0, 0.05) is 49.6 Å². The lowest BCUT2D eigenvalue weighted by Gasteiger charge is -2.28. The van der Waals surface area contributed by atoms with Gasteiger partial charge in [-0.2, -0.15) is 0 Å². The zero-order chi connectivity index (χ0) is 46.8. The lowest BCUT2D eigenvalue weighted by molar-refractivity contribution is 0.670. The molecule has 332 valence electrons. The van der Waals surface area contributed by atoms with Crippen molar-refractivity contribution in [3.8, 4) is 50.2 Å². The molecule has 2 heterocycles. The SMILES string of the molecule is c1ccc(N(c2ccc(-c3ccc(-c4ccccc4-n4c5ccccc5c5ccccc54)cc3)cc2)c2ccc(-c3cccc4c3oc3ccccc34)cc2)c(-c2ccc3c(ccc4ccccc43)c2)c1. The Morgan fingerprint density at radius 3 is 1.54 bits per heavy atom. The highest BCUT2D eigenvalue weighted by atomic mass is 16.3. The Kier molecular flexibility index (Phi) is 9.53. The van der Waals surface area contributed by atoms with E-state index < -0.39 is 0 Å². The van der Waals surface area contributed by atoms with Crippen molar-refractivity contribution in [1.29, 1.82) is 0 Å². The van der Waals surface area contributed by atoms with Crippen molar-refractivity contribution < 1.29 is 4.42 Å². The van der Waals surface area contributed by atoms with Gasteiger partial charge in [-0.1, -0.05) is 206 Å². The van der Waals surface area contributed by atoms with E-state index in [1.54, 1.807) is 0 Å². The average Bonchev–Trinajstić information content (AvgIpc) is 4.00. The summed E-state index contributed by atoms with van der Waals surface area (Å²) in [6, 6.07) is 96.7. The highest BCUT2D eigenvalue weighted by Gasteiger charge is 2.20. The van der Waals surface area contributed by atoms with Crippen LogP contribution in [0.3, 0.4) is 0 Å². The van der Waals surface area contributed by atoms with Gasteiger partial charge >= 0.3 is 0 Å². The second-order valence-electron chi connectivity index (χ2n) is 18.4. The Morgan fingerprint density at radius 2 is 0.789 bits per heavy atom. The largest absolute Gasteiger partial charge is 0.455 e. The normalized spacial score (nSPS) is 11.7. The van der Waals surface area contributed by atoms with Crippen LogP contribution in [0, 0.1) is 0 Å². The molecule has 3 nitrogen and oxygen atoms in total. The second kappa shape index (κ2) is 16.7. The summed E-state index contributed by atoms with van der Waals surface area (Å²) in [5.74, 6) is 0. The number of benzene rings is 12. The minimum absolute atomic E-state index is 0.899. The molecule has 14 rings (SSSR count). The van der Waals surface area contributed by atoms with Gasteiger partial charge in [0.25, 0.3) is 0 Å². The van der Waals surface area contributed by atoms with Crippen molar-refractivity contribution in [1.82, 2.24) is 4.57 Å². The van der Waals surface area contributed by atoms with Crippen molar-refractivity contribution in [2.75, 3.05) is 4.90 Å². The fourth-order valence-electron chi connectivity index (χ4n) is 11.0. The molecule has 14 aromatic rings. The second-order valence-corrected chi connectivity index (χ2v) is 18.4. The molecule has 0 bridgehead atoms. The summed E-state index contributed by atoms with van der Waals surface area (Å²) in [7, 11) is 0. The third-order valence-corrected chi connectivity index (χ3v) is 14.4. The van der Waals surface area contributed by atoms with E-state index in [0.717, 1.165) is 72.4 Å². The predicted octanol–water partition coefficient (Wildman–Crippen LogP) is 19.1. The lowest BCUT2D eigenvalue weighted by Crippen LogP contribution is -2.11. The van der Waals surface area contributed by atoms with E-state index in [9.17, 15) is 0 Å². The molecule has 71 heavy (non-hydrogen) atoms. The van der Waals surface area contributed by atoms with Crippen LogP contribution in [-0.2, 0) is 0 Å². The molecule has 0 N–H and O–H groups in total. The summed E-state index contributed by atoms with van der Waals surface area (Å²) in [5, 5.41) is 9.77. The minimum Gasteiger partial charge on any atom is -0.455 e. The van der Waals surface area contributed by atoms with Crippen LogP contribution >= 0.6 is 0 Å². The number of aromatic nitrogens is 1. The quantitative estimate of drug-likeness (QED) is 0.142. The molecule has 0 saturated heterocycles. The van der Waals surface area contributed by atoms with Crippen molar-refractivity contribution in [2.45, 2.75) is 0 Å². The first-order chi connectivity index (χ1) is 35.2. The van der Waals surface area contributed by atoms with Crippen LogP contribution in [0.4, 0.5) is 17.1 Å². The number of nitrogens with zero attached hydrogens (tertiary/aromatic N) is 2. The number of hydrogen-bond donors (Lipinski definition) is 0. The minimum atomic E-state index is 0.899. The van der Waals surface area contributed by atoms with Gasteiger partial charge in [-0.25, -0.2) is 0 Å². The first-order valence-electron chi connectivity index (χ1n) is 24.3. The fourth-order valence-corrected chi connectivity index (χ4v) is 11.0. The first-order valence-corrected chi connectivity index (χ1v) is 24.3. The molecule has 0 atom stereocenters. The maximum Gasteiger partial charge on any atom is 0.143 e. The number of hydrogen-bond acceptors (Lipinski definition) is 2. The summed E-state index contributed by atoms with van der Waals surface area (Å²) >= 11 is 0. The van der Waals surface area contributed by atoms with E-state index in [1.165, 1.54) is 60.2 Å².